The summed E-state index contributed by atoms with van der Waals surface area (Å²) in [6.07, 6.45) is 4.16. The van der Waals surface area contributed by atoms with Crippen molar-refractivity contribution in [3.63, 3.8) is 0 Å². The van der Waals surface area contributed by atoms with Crippen molar-refractivity contribution in [2.24, 2.45) is 11.8 Å². The number of amides is 2. The molecule has 2 fully saturated rings. The topological polar surface area (TPSA) is 131 Å². The second kappa shape index (κ2) is 12.2. The number of nitrogens with one attached hydrogen (secondary N) is 2. The number of nitrogens with zero attached hydrogens (tertiary/aromatic N) is 2. The fraction of sp³-hybridized carbons (Fsp3) is 0.485. The summed E-state index contributed by atoms with van der Waals surface area (Å²) in [5.41, 5.74) is -0.817. The van der Waals surface area contributed by atoms with Crippen LogP contribution in [0.3, 0.4) is 0 Å². The van der Waals surface area contributed by atoms with Crippen molar-refractivity contribution in [3.8, 4) is 28.1 Å². The van der Waals surface area contributed by atoms with Crippen LogP contribution >= 0.6 is 0 Å². The molecule has 2 N–H and O–H groups in total. The smallest absolute Gasteiger partial charge is 0.453 e. The number of benzene rings is 2. The van der Waals surface area contributed by atoms with Gasteiger partial charge in [-0.2, -0.15) is 21.6 Å². The number of fused-ring (bicyclic) bond motifs is 5. The lowest BCUT2D eigenvalue weighted by atomic mass is 9.85. The predicted molar refractivity (Wildman–Crippen MR) is 167 cm³/mol. The Morgan fingerprint density at radius 2 is 1.68 bits per heavy atom. The summed E-state index contributed by atoms with van der Waals surface area (Å²) in [6.45, 7) is 6.32. The average Bonchev–Trinajstić information content (AvgIpc) is 3.83. The summed E-state index contributed by atoms with van der Waals surface area (Å²) >= 11 is 0. The molecule has 2 aromatic carbocycles. The quantitative estimate of drug-likeness (QED) is 0.203. The number of hydrogen-bond donors (Lipinski definition) is 2. The van der Waals surface area contributed by atoms with E-state index in [4.69, 9.17) is 4.74 Å². The van der Waals surface area contributed by atoms with Gasteiger partial charge in [-0.05, 0) is 77.7 Å². The minimum absolute atomic E-state index is 0.0483. The number of alkyl carbamates (subject to hydrolysis) is 1. The normalized spacial score (nSPS) is 22.8. The van der Waals surface area contributed by atoms with Crippen LogP contribution in [0.5, 0.6) is 5.75 Å². The van der Waals surface area contributed by atoms with E-state index in [1.807, 2.05) is 38.1 Å². The summed E-state index contributed by atoms with van der Waals surface area (Å²) in [4.78, 5) is 35.3. The lowest BCUT2D eigenvalue weighted by Gasteiger charge is -2.30. The number of hydrogen-bond acceptors (Lipinski definition) is 7. The number of carbonyl (C=O) groups excluding carboxylic acids is 2. The largest absolute Gasteiger partial charge is 0.534 e. The first-order chi connectivity index (χ1) is 22.2. The second-order valence-electron chi connectivity index (χ2n) is 13.1. The molecule has 2 heterocycles. The molecule has 1 aliphatic heterocycles. The maximum absolute atomic E-state index is 13.6. The molecular formula is C33H37F3N4O6S. The van der Waals surface area contributed by atoms with Gasteiger partial charge in [-0.1, -0.05) is 51.1 Å². The highest BCUT2D eigenvalue weighted by molar-refractivity contribution is 7.88. The van der Waals surface area contributed by atoms with E-state index < -0.39 is 27.8 Å². The van der Waals surface area contributed by atoms with E-state index in [0.29, 0.717) is 24.4 Å². The molecule has 1 aromatic heterocycles. The number of alkyl halides is 3. The molecule has 1 saturated heterocycles. The van der Waals surface area contributed by atoms with E-state index in [2.05, 4.69) is 26.4 Å². The van der Waals surface area contributed by atoms with E-state index in [1.165, 1.54) is 13.2 Å². The average molecular weight is 675 g/mol. The van der Waals surface area contributed by atoms with Gasteiger partial charge in [0.2, 0.25) is 5.91 Å². The first kappa shape index (κ1) is 32.9. The van der Waals surface area contributed by atoms with Crippen LogP contribution in [0.25, 0.3) is 22.4 Å². The highest BCUT2D eigenvalue weighted by Crippen LogP contribution is 2.58. The lowest BCUT2D eigenvalue weighted by molar-refractivity contribution is -0.135. The molecule has 0 spiro atoms. The van der Waals surface area contributed by atoms with Crippen molar-refractivity contribution in [3.05, 3.63) is 59.5 Å². The van der Waals surface area contributed by atoms with Crippen molar-refractivity contribution < 1.29 is 40.1 Å². The van der Waals surface area contributed by atoms with Gasteiger partial charge in [0.25, 0.3) is 0 Å². The predicted octanol–water partition coefficient (Wildman–Crippen LogP) is 6.63. The molecule has 5 atom stereocenters. The van der Waals surface area contributed by atoms with Crippen molar-refractivity contribution in [2.45, 2.75) is 75.9 Å². The number of ether oxygens (including phenoxy) is 1. The first-order valence-electron chi connectivity index (χ1n) is 15.7. The maximum Gasteiger partial charge on any atom is 0.534 e. The molecule has 2 unspecified atom stereocenters. The van der Waals surface area contributed by atoms with Gasteiger partial charge < -0.3 is 24.1 Å². The number of H-pyrrole nitrogens is 1. The number of halogens is 3. The summed E-state index contributed by atoms with van der Waals surface area (Å²) in [6, 6.07) is 9.59. The van der Waals surface area contributed by atoms with Crippen LogP contribution in [0.1, 0.15) is 81.3 Å². The molecule has 2 amide bonds. The number of likely N-dealkylation sites (tertiary alicyclic amines) is 1. The third-order valence-electron chi connectivity index (χ3n) is 9.58. The molecule has 0 radical (unpaired) electrons. The Bertz CT molecular complexity index is 1790. The minimum atomic E-state index is -5.79. The Balaban J connectivity index is 1.25. The Labute approximate surface area is 271 Å². The summed E-state index contributed by atoms with van der Waals surface area (Å²) < 4.78 is 72.3. The van der Waals surface area contributed by atoms with Gasteiger partial charge in [-0.25, -0.2) is 9.78 Å². The van der Waals surface area contributed by atoms with Crippen LogP contribution in [-0.4, -0.2) is 60.5 Å². The van der Waals surface area contributed by atoms with E-state index in [9.17, 15) is 31.2 Å². The van der Waals surface area contributed by atoms with Crippen molar-refractivity contribution in [1.82, 2.24) is 20.2 Å². The van der Waals surface area contributed by atoms with Gasteiger partial charge in [0.15, 0.2) is 0 Å². The van der Waals surface area contributed by atoms with E-state index in [1.54, 1.807) is 17.2 Å². The third-order valence-corrected chi connectivity index (χ3v) is 10.5. The number of methoxy groups -OCH3 is 1. The van der Waals surface area contributed by atoms with Gasteiger partial charge in [-0.15, -0.1) is 0 Å². The first-order valence-corrected chi connectivity index (χ1v) is 17.1. The van der Waals surface area contributed by atoms with Crippen LogP contribution in [0, 0.1) is 11.8 Å². The summed E-state index contributed by atoms with van der Waals surface area (Å²) in [5.74, 6) is 0.338. The molecule has 2 bridgehead atoms. The van der Waals surface area contributed by atoms with Crippen molar-refractivity contribution in [2.75, 3.05) is 13.7 Å². The molecule has 14 heteroatoms. The fourth-order valence-corrected chi connectivity index (χ4v) is 7.86. The lowest BCUT2D eigenvalue weighted by Crippen LogP contribution is -2.51. The van der Waals surface area contributed by atoms with Gasteiger partial charge in [0.05, 0.1) is 25.0 Å². The zero-order chi connectivity index (χ0) is 33.8. The second-order valence-corrected chi connectivity index (χ2v) is 14.6. The van der Waals surface area contributed by atoms with Gasteiger partial charge >= 0.3 is 21.7 Å². The van der Waals surface area contributed by atoms with E-state index in [0.717, 1.165) is 47.2 Å². The monoisotopic (exact) mass is 674 g/mol. The number of rotatable bonds is 8. The molecular weight excluding hydrogens is 637 g/mol. The molecule has 6 rings (SSSR count). The van der Waals surface area contributed by atoms with Crippen LogP contribution in [0.2, 0.25) is 0 Å². The van der Waals surface area contributed by atoms with Crippen LogP contribution in [0.4, 0.5) is 18.0 Å². The summed E-state index contributed by atoms with van der Waals surface area (Å²) in [7, 11) is -4.53. The van der Waals surface area contributed by atoms with Crippen LogP contribution in [0.15, 0.2) is 42.6 Å². The van der Waals surface area contributed by atoms with Gasteiger partial charge in [0, 0.05) is 12.1 Å². The zero-order valence-electron chi connectivity index (χ0n) is 26.4. The molecule has 3 aliphatic rings. The molecule has 3 aromatic rings. The Morgan fingerprint density at radius 1 is 1.02 bits per heavy atom. The Morgan fingerprint density at radius 3 is 2.32 bits per heavy atom. The highest BCUT2D eigenvalue weighted by Gasteiger charge is 2.50. The Hall–Kier alpha value is -4.07. The fourth-order valence-electron chi connectivity index (χ4n) is 7.38. The third kappa shape index (κ3) is 6.07. The molecule has 10 nitrogen and oxygen atoms in total. The molecule has 2 aliphatic carbocycles. The number of aromatic nitrogens is 2. The standard InChI is InChI=1S/C33H37F3N4O6S/c1-17(2)29(39-32(42)45-4)31(41)40-16-18(3)13-25(40)30-37-15-24(38-30)20-7-5-19(6-8-20)23-11-12-26(46-47(43,44)33(34,35)36)28-22-10-9-21(14-22)27(23)28/h5-8,11-12,15,17-18,21-22,25,29H,9-10,13-14,16H2,1-4H3,(H,37,38)(H,39,42)/t18-,21?,22?,25-,29-/m0/s1. The van der Waals surface area contributed by atoms with E-state index in [-0.39, 0.29) is 41.4 Å². The highest BCUT2D eigenvalue weighted by atomic mass is 32.2. The molecule has 252 valence electrons. The van der Waals surface area contributed by atoms with E-state index >= 15 is 0 Å². The number of imidazole rings is 1. The SMILES string of the molecule is COC(=O)N[C@H](C(=O)N1C[C@@H](C)C[C@H]1c1ncc(-c2ccc(-c3ccc(OS(=O)(=O)C(F)(F)F)c4c3C3CCC4C3)cc2)[nH]1)C(C)C. The van der Waals surface area contributed by atoms with Crippen LogP contribution in [-0.2, 0) is 19.6 Å². The number of carbonyl (C=O) groups is 2. The van der Waals surface area contributed by atoms with Gasteiger partial charge in [-0.3, -0.25) is 4.79 Å². The molecule has 1 saturated carbocycles. The minimum Gasteiger partial charge on any atom is -0.453 e. The maximum atomic E-state index is 13.6. The van der Waals surface area contributed by atoms with Crippen LogP contribution < -0.4 is 9.50 Å². The Kier molecular flexibility index (Phi) is 8.52. The zero-order valence-corrected chi connectivity index (χ0v) is 27.2. The summed E-state index contributed by atoms with van der Waals surface area (Å²) in [5, 5.41) is 2.66. The van der Waals surface area contributed by atoms with Crippen molar-refractivity contribution >= 4 is 22.1 Å². The number of aromatic amines is 1. The van der Waals surface area contributed by atoms with Gasteiger partial charge in [0.1, 0.15) is 17.6 Å². The molecule has 47 heavy (non-hydrogen) atoms. The van der Waals surface area contributed by atoms with Crippen molar-refractivity contribution in [1.29, 1.82) is 0 Å².